The topological polar surface area (TPSA) is 35.5 Å². The van der Waals surface area contributed by atoms with Gasteiger partial charge in [0.15, 0.2) is 0 Å². The lowest BCUT2D eigenvalue weighted by atomic mass is 9.87. The molecule has 1 fully saturated rings. The maximum atomic E-state index is 11.9. The summed E-state index contributed by atoms with van der Waals surface area (Å²) in [5, 5.41) is 0. The number of hydrogen-bond donors (Lipinski definition) is 0. The summed E-state index contributed by atoms with van der Waals surface area (Å²) in [5.41, 5.74) is 0. The van der Waals surface area contributed by atoms with Crippen molar-refractivity contribution in [3.63, 3.8) is 0 Å². The molecular formula is C10H16F2O3. The first kappa shape index (κ1) is 12.4. The standard InChI is InChI=1S/C10H16F2O3/c1-2-14-9(13)7-3-5-8(6-4-7)15-10(11)12/h7-8,10H,2-6H2,1H3. The van der Waals surface area contributed by atoms with Crippen molar-refractivity contribution >= 4 is 5.97 Å². The first-order valence-corrected chi connectivity index (χ1v) is 5.23. The Morgan fingerprint density at radius 2 is 1.93 bits per heavy atom. The van der Waals surface area contributed by atoms with Gasteiger partial charge in [-0.3, -0.25) is 4.79 Å². The molecule has 1 aliphatic carbocycles. The lowest BCUT2D eigenvalue weighted by Gasteiger charge is -2.26. The molecule has 0 aromatic carbocycles. The summed E-state index contributed by atoms with van der Waals surface area (Å²) >= 11 is 0. The van der Waals surface area contributed by atoms with Crippen LogP contribution in [0.25, 0.3) is 0 Å². The van der Waals surface area contributed by atoms with Crippen LogP contribution < -0.4 is 0 Å². The van der Waals surface area contributed by atoms with Gasteiger partial charge in [-0.05, 0) is 32.6 Å². The Balaban J connectivity index is 2.26. The van der Waals surface area contributed by atoms with Gasteiger partial charge in [-0.25, -0.2) is 0 Å². The van der Waals surface area contributed by atoms with E-state index in [1.54, 1.807) is 6.92 Å². The van der Waals surface area contributed by atoms with Gasteiger partial charge in [-0.15, -0.1) is 0 Å². The number of carbonyl (C=O) groups is 1. The molecule has 1 rings (SSSR count). The van der Waals surface area contributed by atoms with E-state index in [2.05, 4.69) is 4.74 Å². The van der Waals surface area contributed by atoms with Crippen molar-refractivity contribution in [3.05, 3.63) is 0 Å². The Hall–Kier alpha value is -0.710. The average molecular weight is 222 g/mol. The van der Waals surface area contributed by atoms with Crippen molar-refractivity contribution in [1.29, 1.82) is 0 Å². The monoisotopic (exact) mass is 222 g/mol. The van der Waals surface area contributed by atoms with Gasteiger partial charge in [0, 0.05) is 0 Å². The third kappa shape index (κ3) is 4.11. The molecule has 88 valence electrons. The minimum absolute atomic E-state index is 0.137. The van der Waals surface area contributed by atoms with Gasteiger partial charge in [0.05, 0.1) is 18.6 Å². The molecule has 0 saturated heterocycles. The lowest BCUT2D eigenvalue weighted by Crippen LogP contribution is -2.28. The van der Waals surface area contributed by atoms with Gasteiger partial charge in [-0.1, -0.05) is 0 Å². The van der Waals surface area contributed by atoms with E-state index in [9.17, 15) is 13.6 Å². The number of carbonyl (C=O) groups excluding carboxylic acids is 1. The second-order valence-corrected chi connectivity index (χ2v) is 3.62. The summed E-state index contributed by atoms with van der Waals surface area (Å²) < 4.78 is 33.0. The van der Waals surface area contributed by atoms with Crippen LogP contribution in [0.5, 0.6) is 0 Å². The highest BCUT2D eigenvalue weighted by atomic mass is 19.3. The molecule has 1 aliphatic rings. The maximum Gasteiger partial charge on any atom is 0.345 e. The summed E-state index contributed by atoms with van der Waals surface area (Å²) in [5.74, 6) is -0.351. The Morgan fingerprint density at radius 3 is 2.40 bits per heavy atom. The van der Waals surface area contributed by atoms with E-state index in [1.807, 2.05) is 0 Å². The Bertz CT molecular complexity index is 201. The minimum Gasteiger partial charge on any atom is -0.466 e. The zero-order valence-electron chi connectivity index (χ0n) is 8.75. The third-order valence-corrected chi connectivity index (χ3v) is 2.59. The molecule has 0 radical (unpaired) electrons. The number of halogens is 2. The SMILES string of the molecule is CCOC(=O)C1CCC(OC(F)F)CC1. The van der Waals surface area contributed by atoms with Gasteiger partial charge in [-0.2, -0.15) is 8.78 Å². The molecule has 0 heterocycles. The van der Waals surface area contributed by atoms with Gasteiger partial charge in [0.1, 0.15) is 0 Å². The van der Waals surface area contributed by atoms with Crippen LogP contribution in [0.15, 0.2) is 0 Å². The van der Waals surface area contributed by atoms with Gasteiger partial charge >= 0.3 is 12.6 Å². The number of alkyl halides is 2. The number of rotatable bonds is 4. The van der Waals surface area contributed by atoms with Crippen LogP contribution in [-0.2, 0) is 14.3 Å². The maximum absolute atomic E-state index is 11.9. The van der Waals surface area contributed by atoms with E-state index >= 15 is 0 Å². The Kier molecular flexibility index (Phi) is 4.94. The highest BCUT2D eigenvalue weighted by Crippen LogP contribution is 2.28. The van der Waals surface area contributed by atoms with E-state index in [0.717, 1.165) is 0 Å². The molecule has 0 spiro atoms. The second-order valence-electron chi connectivity index (χ2n) is 3.62. The highest BCUT2D eigenvalue weighted by molar-refractivity contribution is 5.72. The summed E-state index contributed by atoms with van der Waals surface area (Å²) in [6.45, 7) is -0.593. The molecule has 15 heavy (non-hydrogen) atoms. The quantitative estimate of drug-likeness (QED) is 0.685. The third-order valence-electron chi connectivity index (χ3n) is 2.59. The molecule has 5 heteroatoms. The molecule has 0 amide bonds. The normalized spacial score (nSPS) is 26.7. The smallest absolute Gasteiger partial charge is 0.345 e. The van der Waals surface area contributed by atoms with Gasteiger partial charge in [0.2, 0.25) is 0 Å². The van der Waals surface area contributed by atoms with Gasteiger partial charge in [0.25, 0.3) is 0 Å². The molecule has 0 aliphatic heterocycles. The molecule has 0 atom stereocenters. The average Bonchev–Trinajstić information content (AvgIpc) is 2.18. The molecule has 0 bridgehead atoms. The van der Waals surface area contributed by atoms with E-state index in [4.69, 9.17) is 4.74 Å². The van der Waals surface area contributed by atoms with E-state index in [-0.39, 0.29) is 11.9 Å². The number of hydrogen-bond acceptors (Lipinski definition) is 3. The number of esters is 1. The van der Waals surface area contributed by atoms with Crippen LogP contribution >= 0.6 is 0 Å². The van der Waals surface area contributed by atoms with Gasteiger partial charge < -0.3 is 9.47 Å². The van der Waals surface area contributed by atoms with Crippen molar-refractivity contribution < 1.29 is 23.0 Å². The van der Waals surface area contributed by atoms with Crippen molar-refractivity contribution in [2.45, 2.75) is 45.3 Å². The number of ether oxygens (including phenoxy) is 2. The van der Waals surface area contributed by atoms with Crippen LogP contribution in [0.4, 0.5) is 8.78 Å². The summed E-state index contributed by atoms with van der Waals surface area (Å²) in [6, 6.07) is 0. The van der Waals surface area contributed by atoms with Crippen molar-refractivity contribution in [2.24, 2.45) is 5.92 Å². The summed E-state index contributed by atoms with van der Waals surface area (Å²) in [4.78, 5) is 11.3. The first-order valence-electron chi connectivity index (χ1n) is 5.23. The van der Waals surface area contributed by atoms with E-state index in [1.165, 1.54) is 0 Å². The zero-order chi connectivity index (χ0) is 11.3. The van der Waals surface area contributed by atoms with Crippen LogP contribution in [-0.4, -0.2) is 25.3 Å². The van der Waals surface area contributed by atoms with E-state index in [0.29, 0.717) is 32.3 Å². The Morgan fingerprint density at radius 1 is 1.33 bits per heavy atom. The zero-order valence-corrected chi connectivity index (χ0v) is 8.75. The minimum atomic E-state index is -2.71. The van der Waals surface area contributed by atoms with Crippen molar-refractivity contribution in [1.82, 2.24) is 0 Å². The predicted molar refractivity (Wildman–Crippen MR) is 49.5 cm³/mol. The predicted octanol–water partition coefficient (Wildman–Crippen LogP) is 2.35. The summed E-state index contributed by atoms with van der Waals surface area (Å²) in [7, 11) is 0. The first-order chi connectivity index (χ1) is 7.13. The molecule has 0 unspecified atom stereocenters. The highest BCUT2D eigenvalue weighted by Gasteiger charge is 2.28. The van der Waals surface area contributed by atoms with Crippen LogP contribution in [0.2, 0.25) is 0 Å². The fraction of sp³-hybridized carbons (Fsp3) is 0.900. The molecular weight excluding hydrogens is 206 g/mol. The van der Waals surface area contributed by atoms with Crippen LogP contribution in [0.1, 0.15) is 32.6 Å². The lowest BCUT2D eigenvalue weighted by molar-refractivity contribution is -0.174. The van der Waals surface area contributed by atoms with Crippen LogP contribution in [0.3, 0.4) is 0 Å². The molecule has 0 N–H and O–H groups in total. The fourth-order valence-electron chi connectivity index (χ4n) is 1.84. The Labute approximate surface area is 87.7 Å². The van der Waals surface area contributed by atoms with E-state index < -0.39 is 12.7 Å². The van der Waals surface area contributed by atoms with Crippen molar-refractivity contribution in [3.8, 4) is 0 Å². The molecule has 3 nitrogen and oxygen atoms in total. The summed E-state index contributed by atoms with van der Waals surface area (Å²) in [6.07, 6.45) is 1.77. The largest absolute Gasteiger partial charge is 0.466 e. The van der Waals surface area contributed by atoms with Crippen molar-refractivity contribution in [2.75, 3.05) is 6.61 Å². The molecule has 0 aromatic rings. The second kappa shape index (κ2) is 6.00. The molecule has 1 saturated carbocycles. The fourth-order valence-corrected chi connectivity index (χ4v) is 1.84. The molecule has 0 aromatic heterocycles. The van der Waals surface area contributed by atoms with Crippen LogP contribution in [0, 0.1) is 5.92 Å².